The fraction of sp³-hybridized carbons (Fsp3) is 0.457. The quantitative estimate of drug-likeness (QED) is 0.331. The molecule has 1 N–H and O–H groups in total. The summed E-state index contributed by atoms with van der Waals surface area (Å²) in [6.07, 6.45) is 4.13. The van der Waals surface area contributed by atoms with Crippen LogP contribution >= 0.6 is 11.8 Å². The smallest absolute Gasteiger partial charge is 0.251 e. The van der Waals surface area contributed by atoms with Gasteiger partial charge in [-0.2, -0.15) is 0 Å². The first-order valence-corrected chi connectivity index (χ1v) is 16.5. The van der Waals surface area contributed by atoms with Gasteiger partial charge in [0.2, 0.25) is 11.8 Å². The summed E-state index contributed by atoms with van der Waals surface area (Å²) < 4.78 is -0.786. The van der Waals surface area contributed by atoms with Crippen LogP contribution in [0.4, 0.5) is 17.1 Å². The molecule has 2 bridgehead atoms. The Kier molecular flexibility index (Phi) is 9.56. The van der Waals surface area contributed by atoms with Gasteiger partial charge < -0.3 is 24.7 Å². The summed E-state index contributed by atoms with van der Waals surface area (Å²) in [6, 6.07) is 16.6. The SMILES string of the molecule is C=CCN(C(=O)C1N(CCO)C(=O)[C@@H]2[C@H](C(=O)N(CC=C)c3ccccc3)[C@@H]3CC(C)C12S3)c1ccc(N(CC)CC)cc1. The summed E-state index contributed by atoms with van der Waals surface area (Å²) in [5.74, 6) is -1.77. The van der Waals surface area contributed by atoms with Crippen molar-refractivity contribution in [1.29, 1.82) is 0 Å². The number of β-amino-alcohol motifs (C(OH)–C–C–N with tert-alkyl or cyclic N) is 1. The Morgan fingerprint density at radius 1 is 0.955 bits per heavy atom. The Morgan fingerprint density at radius 2 is 1.52 bits per heavy atom. The first kappa shape index (κ1) is 31.9. The van der Waals surface area contributed by atoms with E-state index in [-0.39, 0.29) is 48.6 Å². The molecule has 2 aromatic carbocycles. The van der Waals surface area contributed by atoms with Gasteiger partial charge in [-0.3, -0.25) is 14.4 Å². The molecule has 1 spiro atoms. The predicted octanol–water partition coefficient (Wildman–Crippen LogP) is 4.60. The van der Waals surface area contributed by atoms with Gasteiger partial charge in [0.1, 0.15) is 6.04 Å². The Hall–Kier alpha value is -3.56. The molecule has 0 aromatic heterocycles. The third-order valence-electron chi connectivity index (χ3n) is 9.62. The highest BCUT2D eigenvalue weighted by Crippen LogP contribution is 2.69. The van der Waals surface area contributed by atoms with Crippen molar-refractivity contribution in [2.75, 3.05) is 54.0 Å². The maximum Gasteiger partial charge on any atom is 0.251 e. The molecule has 44 heavy (non-hydrogen) atoms. The summed E-state index contributed by atoms with van der Waals surface area (Å²) in [6.45, 7) is 16.2. The van der Waals surface area contributed by atoms with Gasteiger partial charge in [-0.1, -0.05) is 37.3 Å². The van der Waals surface area contributed by atoms with Crippen molar-refractivity contribution in [1.82, 2.24) is 4.90 Å². The van der Waals surface area contributed by atoms with Crippen LogP contribution in [0.3, 0.4) is 0 Å². The molecule has 3 fully saturated rings. The Morgan fingerprint density at radius 3 is 2.09 bits per heavy atom. The molecular formula is C35H44N4O4S. The third-order valence-corrected chi connectivity index (χ3v) is 11.7. The minimum Gasteiger partial charge on any atom is -0.395 e. The molecule has 3 heterocycles. The van der Waals surface area contributed by atoms with Crippen molar-refractivity contribution in [2.24, 2.45) is 17.8 Å². The zero-order chi connectivity index (χ0) is 31.6. The maximum atomic E-state index is 14.8. The number of para-hydroxylation sites is 1. The molecule has 0 saturated carbocycles. The van der Waals surface area contributed by atoms with Crippen molar-refractivity contribution < 1.29 is 19.5 Å². The minimum absolute atomic E-state index is 0.0216. The molecule has 5 rings (SSSR count). The summed E-state index contributed by atoms with van der Waals surface area (Å²) in [5.41, 5.74) is 2.55. The van der Waals surface area contributed by atoms with E-state index in [1.165, 1.54) is 0 Å². The molecule has 3 amide bonds. The van der Waals surface area contributed by atoms with Crippen molar-refractivity contribution in [3.8, 4) is 0 Å². The van der Waals surface area contributed by atoms with Gasteiger partial charge in [0.15, 0.2) is 0 Å². The van der Waals surface area contributed by atoms with Gasteiger partial charge in [0.05, 0.1) is 23.2 Å². The van der Waals surface area contributed by atoms with Crippen LogP contribution in [0.2, 0.25) is 0 Å². The van der Waals surface area contributed by atoms with E-state index in [9.17, 15) is 19.5 Å². The summed E-state index contributed by atoms with van der Waals surface area (Å²) in [5, 5.41) is 9.99. The molecule has 0 radical (unpaired) electrons. The minimum atomic E-state index is -0.818. The van der Waals surface area contributed by atoms with E-state index in [4.69, 9.17) is 0 Å². The largest absolute Gasteiger partial charge is 0.395 e. The second kappa shape index (κ2) is 13.2. The van der Waals surface area contributed by atoms with Crippen LogP contribution in [0.15, 0.2) is 79.9 Å². The fourth-order valence-electron chi connectivity index (χ4n) is 7.70. The molecule has 3 aliphatic heterocycles. The van der Waals surface area contributed by atoms with Gasteiger partial charge in [-0.05, 0) is 62.6 Å². The Bertz CT molecular complexity index is 1380. The van der Waals surface area contributed by atoms with Crippen molar-refractivity contribution in [3.05, 3.63) is 79.9 Å². The molecule has 3 unspecified atom stereocenters. The number of benzene rings is 2. The molecule has 6 atom stereocenters. The second-order valence-corrected chi connectivity index (χ2v) is 13.4. The van der Waals surface area contributed by atoms with Gasteiger partial charge in [0, 0.05) is 55.0 Å². The fourth-order valence-corrected chi connectivity index (χ4v) is 10.1. The monoisotopic (exact) mass is 616 g/mol. The van der Waals surface area contributed by atoms with Crippen molar-refractivity contribution in [2.45, 2.75) is 43.2 Å². The average Bonchev–Trinajstić information content (AvgIpc) is 3.63. The van der Waals surface area contributed by atoms with Crippen LogP contribution in [-0.4, -0.2) is 83.1 Å². The van der Waals surface area contributed by atoms with Crippen LogP contribution in [0.1, 0.15) is 27.2 Å². The van der Waals surface area contributed by atoms with Crippen molar-refractivity contribution >= 4 is 46.5 Å². The van der Waals surface area contributed by atoms with Gasteiger partial charge in [-0.25, -0.2) is 0 Å². The summed E-state index contributed by atoms with van der Waals surface area (Å²) in [4.78, 5) is 50.7. The van der Waals surface area contributed by atoms with Crippen molar-refractivity contribution in [3.63, 3.8) is 0 Å². The highest BCUT2D eigenvalue weighted by atomic mass is 32.2. The van der Waals surface area contributed by atoms with E-state index < -0.39 is 22.6 Å². The normalized spacial score (nSPS) is 26.8. The van der Waals surface area contributed by atoms with Gasteiger partial charge >= 0.3 is 0 Å². The maximum absolute atomic E-state index is 14.8. The number of fused-ring (bicyclic) bond motifs is 1. The van der Waals surface area contributed by atoms with Crippen LogP contribution < -0.4 is 14.7 Å². The molecule has 9 heteroatoms. The Labute approximate surface area is 265 Å². The van der Waals surface area contributed by atoms with E-state index in [0.29, 0.717) is 6.54 Å². The second-order valence-electron chi connectivity index (χ2n) is 11.8. The lowest BCUT2D eigenvalue weighted by atomic mass is 9.65. The summed E-state index contributed by atoms with van der Waals surface area (Å²) in [7, 11) is 0. The van der Waals surface area contributed by atoms with Crippen LogP contribution in [0.5, 0.6) is 0 Å². The number of nitrogens with zero attached hydrogens (tertiary/aromatic N) is 4. The lowest BCUT2D eigenvalue weighted by Crippen LogP contribution is -2.58. The molecule has 3 saturated heterocycles. The standard InChI is InChI=1S/C35H44N4O4S/c1-6-19-37(26-13-11-10-12-14-26)32(41)29-28-23-24(5)35(44-28)30(29)33(42)39(21-22-40)31(35)34(43)38(20-7-2)27-17-15-25(16-18-27)36(8-3)9-4/h6-7,10-18,24,28-31,40H,1-2,8-9,19-23H2,3-5H3/t24?,28-,29+,30-,31?,35?/m0/s1. The molecule has 234 valence electrons. The number of carbonyl (C=O) groups excluding carboxylic acids is 3. The van der Waals surface area contributed by atoms with Crippen LogP contribution in [0.25, 0.3) is 0 Å². The first-order chi connectivity index (χ1) is 21.3. The number of aliphatic hydroxyl groups excluding tert-OH is 1. The zero-order valence-corrected chi connectivity index (χ0v) is 26.8. The number of thioether (sulfide) groups is 1. The number of hydrogen-bond acceptors (Lipinski definition) is 6. The zero-order valence-electron chi connectivity index (χ0n) is 26.0. The molecule has 3 aliphatic rings. The van der Waals surface area contributed by atoms with Crippen LogP contribution in [-0.2, 0) is 14.4 Å². The van der Waals surface area contributed by atoms with Gasteiger partial charge in [-0.15, -0.1) is 24.9 Å². The number of anilines is 3. The highest BCUT2D eigenvalue weighted by molar-refractivity contribution is 8.02. The third kappa shape index (κ3) is 5.13. The van der Waals surface area contributed by atoms with Gasteiger partial charge in [0.25, 0.3) is 5.91 Å². The number of aliphatic hydroxyl groups is 1. The molecule has 2 aromatic rings. The molecule has 0 aliphatic carbocycles. The molecule has 8 nitrogen and oxygen atoms in total. The van der Waals surface area contributed by atoms with E-state index in [2.05, 4.69) is 38.8 Å². The number of carbonyl (C=O) groups is 3. The first-order valence-electron chi connectivity index (χ1n) is 15.6. The average molecular weight is 617 g/mol. The predicted molar refractivity (Wildman–Crippen MR) is 179 cm³/mol. The van der Waals surface area contributed by atoms with Crippen LogP contribution in [0, 0.1) is 17.8 Å². The van der Waals surface area contributed by atoms with E-state index in [1.807, 2.05) is 54.6 Å². The number of amides is 3. The summed E-state index contributed by atoms with van der Waals surface area (Å²) >= 11 is 1.64. The molecular weight excluding hydrogens is 572 g/mol. The topological polar surface area (TPSA) is 84.4 Å². The van der Waals surface area contributed by atoms with E-state index >= 15 is 0 Å². The highest BCUT2D eigenvalue weighted by Gasteiger charge is 2.76. The Balaban J connectivity index is 1.54. The van der Waals surface area contributed by atoms with E-state index in [1.54, 1.807) is 38.6 Å². The van der Waals surface area contributed by atoms with E-state index in [0.717, 1.165) is 36.6 Å². The number of likely N-dealkylation sites (tertiary alicyclic amines) is 1. The number of rotatable bonds is 13. The number of hydrogen-bond donors (Lipinski definition) is 1. The lowest BCUT2D eigenvalue weighted by molar-refractivity contribution is -0.139. The lowest BCUT2D eigenvalue weighted by Gasteiger charge is -2.41.